The molecule has 0 unspecified atom stereocenters. The van der Waals surface area contributed by atoms with E-state index < -0.39 is 0 Å². The van der Waals surface area contributed by atoms with Gasteiger partial charge in [-0.2, -0.15) is 0 Å². The van der Waals surface area contributed by atoms with Gasteiger partial charge >= 0.3 is 39.0 Å². The van der Waals surface area contributed by atoms with E-state index in [-0.39, 0.29) is 136 Å². The zero-order valence-electron chi connectivity index (χ0n) is 59.9. The molecule has 0 aliphatic heterocycles. The van der Waals surface area contributed by atoms with Crippen molar-refractivity contribution in [3.63, 3.8) is 0 Å². The van der Waals surface area contributed by atoms with Crippen LogP contribution in [0, 0.1) is 0 Å². The van der Waals surface area contributed by atoms with Crippen molar-refractivity contribution in [3.05, 3.63) is 146 Å². The summed E-state index contributed by atoms with van der Waals surface area (Å²) < 4.78 is 0. The summed E-state index contributed by atoms with van der Waals surface area (Å²) in [6.07, 6.45) is 15.6. The molecule has 0 aliphatic rings. The number of nitrogens with zero attached hydrogens (tertiary/aromatic N) is 6. The minimum atomic E-state index is 0. The second-order valence-corrected chi connectivity index (χ2v) is 38.7. The van der Waals surface area contributed by atoms with Crippen LogP contribution < -0.4 is 111 Å². The van der Waals surface area contributed by atoms with Gasteiger partial charge in [-0.1, -0.05) is 203 Å². The summed E-state index contributed by atoms with van der Waals surface area (Å²) in [4.78, 5) is 12.9. The standard InChI is InChI=1S/6C12H20NP.4ClH.2Ru/c6*1-5-14(6-2)12-9-7-11(8-10-12)13(3)4;;;;;;/h6*7-10H,5-6H2,1-4H3;4*1H;;/q;;;;;;;;;;2*+2/p-4. The number of halogens is 4. The summed E-state index contributed by atoms with van der Waals surface area (Å²) in [5, 5.41) is 9.23. The van der Waals surface area contributed by atoms with Crippen molar-refractivity contribution in [1.82, 2.24) is 0 Å². The molecule has 6 aromatic rings. The Labute approximate surface area is 613 Å². The summed E-state index contributed by atoms with van der Waals surface area (Å²) in [7, 11) is 25.6. The van der Waals surface area contributed by atoms with Gasteiger partial charge in [0.05, 0.1) is 0 Å². The fourth-order valence-corrected chi connectivity index (χ4v) is 19.8. The van der Waals surface area contributed by atoms with E-state index in [1.165, 1.54) is 140 Å². The fraction of sp³-hybridized carbons (Fsp3) is 0.500. The minimum absolute atomic E-state index is 0. The van der Waals surface area contributed by atoms with Crippen LogP contribution in [-0.2, 0) is 39.0 Å². The van der Waals surface area contributed by atoms with E-state index in [1.807, 2.05) is 0 Å². The largest absolute Gasteiger partial charge is 2.00 e. The molecule has 6 nitrogen and oxygen atoms in total. The van der Waals surface area contributed by atoms with Crippen molar-refractivity contribution >= 4 is 113 Å². The monoisotopic (exact) mass is 1600 g/mol. The summed E-state index contributed by atoms with van der Waals surface area (Å²) >= 11 is 0. The van der Waals surface area contributed by atoms with Gasteiger partial charge in [-0.25, -0.2) is 0 Å². The molecule has 0 fully saturated rings. The number of anilines is 6. The van der Waals surface area contributed by atoms with Crippen LogP contribution in [-0.4, -0.2) is 159 Å². The quantitative estimate of drug-likeness (QED) is 0.0594. The minimum Gasteiger partial charge on any atom is -1.00 e. The third kappa shape index (κ3) is 37.6. The van der Waals surface area contributed by atoms with E-state index in [4.69, 9.17) is 0 Å². The average molecular weight is 1600 g/mol. The molecular weight excluding hydrogens is 1480 g/mol. The van der Waals surface area contributed by atoms with Gasteiger partial charge in [-0.15, -0.1) is 0 Å². The zero-order valence-corrected chi connectivity index (χ0v) is 71.8. The molecule has 0 radical (unpaired) electrons. The smallest absolute Gasteiger partial charge is 1.00 e. The molecule has 0 saturated heterocycles. The Morgan fingerprint density at radius 1 is 0.178 bits per heavy atom. The van der Waals surface area contributed by atoms with Crippen LogP contribution >= 0.6 is 47.5 Å². The van der Waals surface area contributed by atoms with E-state index in [9.17, 15) is 0 Å². The maximum Gasteiger partial charge on any atom is 2.00 e. The van der Waals surface area contributed by atoms with Crippen molar-refractivity contribution in [2.45, 2.75) is 83.1 Å². The Hall–Kier alpha value is -0.893. The van der Waals surface area contributed by atoms with Crippen LogP contribution in [0.25, 0.3) is 0 Å². The second kappa shape index (κ2) is 58.3. The third-order valence-electron chi connectivity index (χ3n) is 15.0. The van der Waals surface area contributed by atoms with Gasteiger partial charge in [-0.05, 0) is 179 Å². The van der Waals surface area contributed by atoms with Crippen LogP contribution in [0.2, 0.25) is 0 Å². The van der Waals surface area contributed by atoms with Gasteiger partial charge in [0.15, 0.2) is 0 Å². The molecule has 0 aliphatic carbocycles. The van der Waals surface area contributed by atoms with Crippen molar-refractivity contribution in [1.29, 1.82) is 0 Å². The Morgan fingerprint density at radius 2 is 0.256 bits per heavy atom. The predicted octanol–water partition coefficient (Wildman–Crippen LogP) is 5.41. The molecule has 0 bridgehead atoms. The number of hydrogen-bond donors (Lipinski definition) is 0. The molecule has 0 spiro atoms. The molecular formula is C72H120Cl4N6P6Ru2. The van der Waals surface area contributed by atoms with E-state index in [0.717, 1.165) is 0 Å². The molecule has 0 atom stereocenters. The van der Waals surface area contributed by atoms with E-state index >= 15 is 0 Å². The number of rotatable bonds is 24. The second-order valence-electron chi connectivity index (χ2n) is 21.5. The van der Waals surface area contributed by atoms with Gasteiger partial charge in [0.2, 0.25) is 0 Å². The topological polar surface area (TPSA) is 19.4 Å². The van der Waals surface area contributed by atoms with Gasteiger partial charge in [-0.3, -0.25) is 0 Å². The predicted molar refractivity (Wildman–Crippen MR) is 410 cm³/mol. The summed E-state index contributed by atoms with van der Waals surface area (Å²) in [6, 6.07) is 54.0. The summed E-state index contributed by atoms with van der Waals surface area (Å²) in [5.74, 6) is 0. The Balaban J connectivity index is -0.000000232. The molecule has 6 aromatic carbocycles. The maximum absolute atomic E-state index is 2.29. The SMILES string of the molecule is CCP(CC)c1ccc(N(C)C)cc1.CCP(CC)c1ccc(N(C)C)cc1.CCP(CC)c1ccc(N(C)C)cc1.CCP(CC)c1ccc(N(C)C)cc1.CCP(CC)c1ccc(N(C)C)cc1.CCP(CC)c1ccc(N(C)C)cc1.[Cl-].[Cl-].[Cl-].[Cl-].[Ru+2].[Ru+2]. The van der Waals surface area contributed by atoms with Gasteiger partial charge in [0.25, 0.3) is 0 Å². The Kier molecular flexibility index (Phi) is 64.8. The van der Waals surface area contributed by atoms with Crippen LogP contribution in [0.15, 0.2) is 146 Å². The first-order chi connectivity index (χ1) is 40.1. The van der Waals surface area contributed by atoms with E-state index in [0.29, 0.717) is 0 Å². The molecule has 0 aromatic heterocycles. The van der Waals surface area contributed by atoms with Gasteiger partial charge < -0.3 is 79.0 Å². The van der Waals surface area contributed by atoms with Crippen molar-refractivity contribution in [2.75, 3.05) is 188 Å². The molecule has 512 valence electrons. The first-order valence-corrected chi connectivity index (χ1v) is 41.5. The normalized spacial score (nSPS) is 9.93. The molecule has 0 heterocycles. The summed E-state index contributed by atoms with van der Waals surface area (Å²) in [5.41, 5.74) is 7.73. The average Bonchev–Trinajstić information content (AvgIpc) is 3.72. The summed E-state index contributed by atoms with van der Waals surface area (Å²) in [6.45, 7) is 27.4. The molecule has 18 heteroatoms. The fourth-order valence-electron chi connectivity index (χ4n) is 9.30. The van der Waals surface area contributed by atoms with Crippen LogP contribution in [0.4, 0.5) is 34.1 Å². The first kappa shape index (κ1) is 100. The van der Waals surface area contributed by atoms with Gasteiger partial charge in [0, 0.05) is 119 Å². The van der Waals surface area contributed by atoms with Crippen molar-refractivity contribution in [2.24, 2.45) is 0 Å². The van der Waals surface area contributed by atoms with Crippen molar-refractivity contribution < 1.29 is 88.6 Å². The molecule has 0 saturated carbocycles. The zero-order chi connectivity index (χ0) is 63.3. The van der Waals surface area contributed by atoms with E-state index in [2.05, 4.69) is 343 Å². The van der Waals surface area contributed by atoms with Gasteiger partial charge in [0.1, 0.15) is 0 Å². The van der Waals surface area contributed by atoms with Crippen LogP contribution in [0.3, 0.4) is 0 Å². The first-order valence-electron chi connectivity index (χ1n) is 31.3. The van der Waals surface area contributed by atoms with Crippen LogP contribution in [0.5, 0.6) is 0 Å². The molecule has 0 N–H and O–H groups in total. The third-order valence-corrected chi connectivity index (χ3v) is 30.3. The molecule has 6 rings (SSSR count). The van der Waals surface area contributed by atoms with Crippen molar-refractivity contribution in [3.8, 4) is 0 Å². The Bertz CT molecular complexity index is 2070. The molecule has 90 heavy (non-hydrogen) atoms. The Morgan fingerprint density at radius 3 is 0.311 bits per heavy atom. The number of benzene rings is 6. The maximum atomic E-state index is 2.29. The molecule has 0 amide bonds. The van der Waals surface area contributed by atoms with E-state index in [1.54, 1.807) is 0 Å². The number of hydrogen-bond acceptors (Lipinski definition) is 6. The van der Waals surface area contributed by atoms with Crippen LogP contribution in [0.1, 0.15) is 83.1 Å².